The quantitative estimate of drug-likeness (QED) is 0.550. The summed E-state index contributed by atoms with van der Waals surface area (Å²) in [6.45, 7) is 11.0. The van der Waals surface area contributed by atoms with Gasteiger partial charge in [-0.15, -0.1) is 0 Å². The van der Waals surface area contributed by atoms with E-state index in [0.29, 0.717) is 0 Å². The molecular formula is C21H23N. The lowest BCUT2D eigenvalue weighted by Gasteiger charge is -2.19. The Bertz CT molecular complexity index is 818. The number of aryl methyl sites for hydroxylation is 2. The van der Waals surface area contributed by atoms with E-state index in [9.17, 15) is 0 Å². The van der Waals surface area contributed by atoms with Gasteiger partial charge in [0.1, 0.15) is 0 Å². The highest BCUT2D eigenvalue weighted by molar-refractivity contribution is 5.82. The molecule has 0 aliphatic rings. The molecule has 2 aromatic carbocycles. The van der Waals surface area contributed by atoms with Crippen LogP contribution in [0.15, 0.2) is 48.5 Å². The summed E-state index contributed by atoms with van der Waals surface area (Å²) >= 11 is 0. The molecule has 0 unspecified atom stereocenters. The zero-order valence-electron chi connectivity index (χ0n) is 14.1. The molecule has 1 heterocycles. The van der Waals surface area contributed by atoms with Gasteiger partial charge < -0.3 is 0 Å². The van der Waals surface area contributed by atoms with Gasteiger partial charge in [-0.3, -0.25) is 0 Å². The summed E-state index contributed by atoms with van der Waals surface area (Å²) in [5.74, 6) is 0. The highest BCUT2D eigenvalue weighted by Crippen LogP contribution is 2.27. The van der Waals surface area contributed by atoms with Crippen molar-refractivity contribution in [3.63, 3.8) is 0 Å². The number of nitrogens with zero attached hydrogens (tertiary/aromatic N) is 1. The third kappa shape index (κ3) is 2.89. The van der Waals surface area contributed by atoms with Crippen LogP contribution in [0.1, 0.15) is 37.5 Å². The highest BCUT2D eigenvalue weighted by Gasteiger charge is 2.14. The molecule has 1 aromatic heterocycles. The van der Waals surface area contributed by atoms with E-state index in [2.05, 4.69) is 83.1 Å². The first-order valence-electron chi connectivity index (χ1n) is 7.83. The third-order valence-corrected chi connectivity index (χ3v) is 4.07. The Hall–Kier alpha value is -2.15. The summed E-state index contributed by atoms with van der Waals surface area (Å²) in [4.78, 5) is 4.85. The molecule has 22 heavy (non-hydrogen) atoms. The maximum Gasteiger partial charge on any atom is 0.0709 e. The van der Waals surface area contributed by atoms with Gasteiger partial charge >= 0.3 is 0 Å². The zero-order chi connectivity index (χ0) is 15.9. The Morgan fingerprint density at radius 2 is 1.45 bits per heavy atom. The molecule has 1 heteroatoms. The minimum Gasteiger partial charge on any atom is -0.248 e. The lowest BCUT2D eigenvalue weighted by atomic mass is 9.86. The van der Waals surface area contributed by atoms with Crippen LogP contribution in [0, 0.1) is 13.8 Å². The summed E-state index contributed by atoms with van der Waals surface area (Å²) in [6, 6.07) is 17.5. The van der Waals surface area contributed by atoms with Crippen LogP contribution >= 0.6 is 0 Å². The molecular weight excluding hydrogens is 266 g/mol. The molecule has 0 spiro atoms. The number of hydrogen-bond donors (Lipinski definition) is 0. The van der Waals surface area contributed by atoms with E-state index in [0.717, 1.165) is 11.2 Å². The van der Waals surface area contributed by atoms with Crippen molar-refractivity contribution in [1.29, 1.82) is 0 Å². The van der Waals surface area contributed by atoms with Gasteiger partial charge in [0.05, 0.1) is 11.2 Å². The molecule has 0 radical (unpaired) electrons. The van der Waals surface area contributed by atoms with Crippen molar-refractivity contribution >= 4 is 10.9 Å². The largest absolute Gasteiger partial charge is 0.248 e. The van der Waals surface area contributed by atoms with Crippen molar-refractivity contribution < 1.29 is 0 Å². The smallest absolute Gasteiger partial charge is 0.0709 e. The summed E-state index contributed by atoms with van der Waals surface area (Å²) < 4.78 is 0. The van der Waals surface area contributed by atoms with E-state index in [1.165, 1.54) is 27.6 Å². The molecule has 0 N–H and O–H groups in total. The van der Waals surface area contributed by atoms with Crippen molar-refractivity contribution in [2.75, 3.05) is 0 Å². The molecule has 0 amide bonds. The zero-order valence-corrected chi connectivity index (χ0v) is 14.1. The Kier molecular flexibility index (Phi) is 3.52. The Morgan fingerprint density at radius 1 is 0.773 bits per heavy atom. The van der Waals surface area contributed by atoms with Crippen LogP contribution in [0.5, 0.6) is 0 Å². The number of rotatable bonds is 1. The fraction of sp³-hybridized carbons (Fsp3) is 0.286. The van der Waals surface area contributed by atoms with Crippen molar-refractivity contribution in [2.45, 2.75) is 40.0 Å². The number of benzene rings is 2. The SMILES string of the molecule is Cc1cc(C)cc(-c2ccc3cc(C(C)(C)C)ccc3n2)c1. The van der Waals surface area contributed by atoms with Gasteiger partial charge in [0, 0.05) is 10.9 Å². The molecule has 1 nitrogen and oxygen atoms in total. The number of pyridine rings is 1. The monoisotopic (exact) mass is 289 g/mol. The van der Waals surface area contributed by atoms with Gasteiger partial charge in [-0.1, -0.05) is 50.1 Å². The summed E-state index contributed by atoms with van der Waals surface area (Å²) in [5, 5.41) is 1.21. The molecule has 0 fully saturated rings. The first kappa shape index (κ1) is 14.8. The molecule has 3 aromatic rings. The van der Waals surface area contributed by atoms with Crippen molar-refractivity contribution in [3.05, 3.63) is 65.2 Å². The highest BCUT2D eigenvalue weighted by atomic mass is 14.7. The van der Waals surface area contributed by atoms with Crippen LogP contribution in [-0.4, -0.2) is 4.98 Å². The van der Waals surface area contributed by atoms with E-state index < -0.39 is 0 Å². The predicted molar refractivity (Wildman–Crippen MR) is 95.4 cm³/mol. The van der Waals surface area contributed by atoms with Gasteiger partial charge in [0.25, 0.3) is 0 Å². The van der Waals surface area contributed by atoms with Gasteiger partial charge in [-0.25, -0.2) is 4.98 Å². The maximum absolute atomic E-state index is 4.85. The molecule has 0 saturated carbocycles. The molecule has 3 rings (SSSR count). The van der Waals surface area contributed by atoms with E-state index in [-0.39, 0.29) is 5.41 Å². The molecule has 112 valence electrons. The molecule has 0 saturated heterocycles. The molecule has 0 aliphatic carbocycles. The van der Waals surface area contributed by atoms with Crippen LogP contribution in [0.2, 0.25) is 0 Å². The molecule has 0 bridgehead atoms. The average Bonchev–Trinajstić information content (AvgIpc) is 2.44. The normalized spacial score (nSPS) is 11.9. The van der Waals surface area contributed by atoms with Gasteiger partial charge in [-0.2, -0.15) is 0 Å². The van der Waals surface area contributed by atoms with Crippen LogP contribution in [0.4, 0.5) is 0 Å². The van der Waals surface area contributed by atoms with Crippen molar-refractivity contribution in [1.82, 2.24) is 4.98 Å². The van der Waals surface area contributed by atoms with Crippen molar-refractivity contribution in [2.24, 2.45) is 0 Å². The first-order valence-corrected chi connectivity index (χ1v) is 7.83. The minimum atomic E-state index is 0.167. The third-order valence-electron chi connectivity index (χ3n) is 4.07. The van der Waals surface area contributed by atoms with Gasteiger partial charge in [0.2, 0.25) is 0 Å². The van der Waals surface area contributed by atoms with E-state index in [4.69, 9.17) is 4.98 Å². The van der Waals surface area contributed by atoms with Crippen LogP contribution in [0.3, 0.4) is 0 Å². The predicted octanol–water partition coefficient (Wildman–Crippen LogP) is 5.82. The first-order chi connectivity index (χ1) is 10.3. The second kappa shape index (κ2) is 5.24. The van der Waals surface area contributed by atoms with E-state index in [1.807, 2.05) is 0 Å². The standard InChI is InChI=1S/C21H23N/c1-14-10-15(2)12-17(11-14)20-8-6-16-13-18(21(3,4)5)7-9-19(16)22-20/h6-13H,1-5H3. The Labute approximate surface area is 133 Å². The molecule has 0 aliphatic heterocycles. The van der Waals surface area contributed by atoms with Crippen LogP contribution in [-0.2, 0) is 5.41 Å². The van der Waals surface area contributed by atoms with Gasteiger partial charge in [0.15, 0.2) is 0 Å². The Morgan fingerprint density at radius 3 is 2.09 bits per heavy atom. The summed E-state index contributed by atoms with van der Waals surface area (Å²) in [5.41, 5.74) is 7.37. The van der Waals surface area contributed by atoms with E-state index >= 15 is 0 Å². The van der Waals surface area contributed by atoms with Crippen LogP contribution in [0.25, 0.3) is 22.2 Å². The second-order valence-corrected chi connectivity index (χ2v) is 7.23. The minimum absolute atomic E-state index is 0.167. The topological polar surface area (TPSA) is 12.9 Å². The number of fused-ring (bicyclic) bond motifs is 1. The van der Waals surface area contributed by atoms with E-state index in [1.54, 1.807) is 0 Å². The second-order valence-electron chi connectivity index (χ2n) is 7.23. The fourth-order valence-electron chi connectivity index (χ4n) is 2.88. The lowest BCUT2D eigenvalue weighted by molar-refractivity contribution is 0.591. The summed E-state index contributed by atoms with van der Waals surface area (Å²) in [7, 11) is 0. The number of aromatic nitrogens is 1. The van der Waals surface area contributed by atoms with Crippen molar-refractivity contribution in [3.8, 4) is 11.3 Å². The van der Waals surface area contributed by atoms with Gasteiger partial charge in [-0.05, 0) is 55.2 Å². The fourth-order valence-corrected chi connectivity index (χ4v) is 2.88. The molecule has 0 atom stereocenters. The maximum atomic E-state index is 4.85. The van der Waals surface area contributed by atoms with Crippen LogP contribution < -0.4 is 0 Å². The lowest BCUT2D eigenvalue weighted by Crippen LogP contribution is -2.10. The summed E-state index contributed by atoms with van der Waals surface area (Å²) in [6.07, 6.45) is 0. The average molecular weight is 289 g/mol. The number of hydrogen-bond acceptors (Lipinski definition) is 1. The Balaban J connectivity index is 2.10.